The van der Waals surface area contributed by atoms with Gasteiger partial charge in [0.15, 0.2) is 0 Å². The molecule has 1 rings (SSSR count). The van der Waals surface area contributed by atoms with Gasteiger partial charge in [-0.3, -0.25) is 4.79 Å². The number of hydrogen-bond donors (Lipinski definition) is 2. The molecule has 4 heteroatoms. The highest BCUT2D eigenvalue weighted by molar-refractivity contribution is 5.68. The number of carbonyl (C=O) groups is 1. The van der Waals surface area contributed by atoms with Gasteiger partial charge < -0.3 is 15.7 Å². The predicted molar refractivity (Wildman–Crippen MR) is 69.4 cm³/mol. The minimum atomic E-state index is -0.780. The number of carboxylic acid groups (broad SMARTS) is 1. The number of nitrogens with two attached hydrogens (primary N) is 1. The molecule has 4 nitrogen and oxygen atoms in total. The lowest BCUT2D eigenvalue weighted by molar-refractivity contribution is -0.136. The Bertz CT molecular complexity index is 391. The van der Waals surface area contributed by atoms with Gasteiger partial charge in [0.1, 0.15) is 0 Å². The summed E-state index contributed by atoms with van der Waals surface area (Å²) in [5, 5.41) is 8.74. The Balaban J connectivity index is 2.88. The van der Waals surface area contributed by atoms with Gasteiger partial charge >= 0.3 is 5.97 Å². The van der Waals surface area contributed by atoms with Crippen molar-refractivity contribution in [1.29, 1.82) is 0 Å². The first-order valence-electron chi connectivity index (χ1n) is 5.79. The maximum atomic E-state index is 10.6. The van der Waals surface area contributed by atoms with E-state index in [1.165, 1.54) is 11.1 Å². The van der Waals surface area contributed by atoms with E-state index in [2.05, 4.69) is 19.9 Å². The van der Waals surface area contributed by atoms with Gasteiger partial charge in [-0.15, -0.1) is 0 Å². The molecular formula is C13H20N2O2. The Hall–Kier alpha value is -1.55. The third kappa shape index (κ3) is 3.75. The summed E-state index contributed by atoms with van der Waals surface area (Å²) >= 11 is 0. The molecule has 0 fully saturated rings. The van der Waals surface area contributed by atoms with E-state index in [1.54, 1.807) is 0 Å². The van der Waals surface area contributed by atoms with Crippen LogP contribution in [-0.4, -0.2) is 30.7 Å². The van der Waals surface area contributed by atoms with Gasteiger partial charge in [-0.25, -0.2) is 0 Å². The summed E-state index contributed by atoms with van der Waals surface area (Å²) in [5.41, 5.74) is 9.05. The summed E-state index contributed by atoms with van der Waals surface area (Å²) < 4.78 is 0. The molecule has 17 heavy (non-hydrogen) atoms. The smallest absolute Gasteiger partial charge is 0.305 e. The van der Waals surface area contributed by atoms with E-state index in [0.717, 1.165) is 5.69 Å². The second kappa shape index (κ2) is 6.25. The average molecular weight is 236 g/mol. The second-order valence-corrected chi connectivity index (χ2v) is 4.14. The van der Waals surface area contributed by atoms with Crippen molar-refractivity contribution in [2.24, 2.45) is 5.73 Å². The molecule has 0 aliphatic carbocycles. The molecule has 0 unspecified atom stereocenters. The summed E-state index contributed by atoms with van der Waals surface area (Å²) in [6, 6.07) is 6.05. The van der Waals surface area contributed by atoms with Gasteiger partial charge in [0.25, 0.3) is 0 Å². The zero-order valence-corrected chi connectivity index (χ0v) is 10.4. The Morgan fingerprint density at radius 1 is 1.35 bits per heavy atom. The van der Waals surface area contributed by atoms with E-state index < -0.39 is 5.97 Å². The number of rotatable bonds is 6. The van der Waals surface area contributed by atoms with E-state index in [1.807, 2.05) is 17.0 Å². The highest BCUT2D eigenvalue weighted by Crippen LogP contribution is 2.22. The summed E-state index contributed by atoms with van der Waals surface area (Å²) in [6.07, 6.45) is 0.132. The maximum absolute atomic E-state index is 10.6. The third-order valence-corrected chi connectivity index (χ3v) is 2.91. The summed E-state index contributed by atoms with van der Waals surface area (Å²) in [6.45, 7) is 5.80. The van der Waals surface area contributed by atoms with Crippen LogP contribution in [0, 0.1) is 13.8 Å². The summed E-state index contributed by atoms with van der Waals surface area (Å²) in [4.78, 5) is 12.7. The number of carboxylic acids is 1. The minimum absolute atomic E-state index is 0.132. The van der Waals surface area contributed by atoms with Gasteiger partial charge in [-0.1, -0.05) is 12.1 Å². The van der Waals surface area contributed by atoms with E-state index in [4.69, 9.17) is 10.8 Å². The van der Waals surface area contributed by atoms with E-state index in [9.17, 15) is 4.79 Å². The molecule has 0 amide bonds. The molecule has 0 spiro atoms. The SMILES string of the molecule is Cc1cccc(N(CCN)CCC(=O)O)c1C. The molecule has 1 aromatic carbocycles. The first-order valence-corrected chi connectivity index (χ1v) is 5.79. The molecule has 0 aliphatic rings. The van der Waals surface area contributed by atoms with Crippen LogP contribution in [0.15, 0.2) is 18.2 Å². The van der Waals surface area contributed by atoms with Gasteiger partial charge in [0.05, 0.1) is 6.42 Å². The fraction of sp³-hybridized carbons (Fsp3) is 0.462. The van der Waals surface area contributed by atoms with Gasteiger partial charge in [0, 0.05) is 25.3 Å². The molecule has 3 N–H and O–H groups in total. The topological polar surface area (TPSA) is 66.6 Å². The Morgan fingerprint density at radius 3 is 2.65 bits per heavy atom. The average Bonchev–Trinajstić information content (AvgIpc) is 2.28. The van der Waals surface area contributed by atoms with Crippen LogP contribution in [0.3, 0.4) is 0 Å². The van der Waals surface area contributed by atoms with Crippen LogP contribution in [0.2, 0.25) is 0 Å². The van der Waals surface area contributed by atoms with Gasteiger partial charge in [-0.2, -0.15) is 0 Å². The fourth-order valence-corrected chi connectivity index (χ4v) is 1.82. The number of benzene rings is 1. The first kappa shape index (κ1) is 13.5. The highest BCUT2D eigenvalue weighted by Gasteiger charge is 2.11. The Kier molecular flexibility index (Phi) is 4.97. The molecule has 0 saturated heterocycles. The monoisotopic (exact) mass is 236 g/mol. The molecule has 0 saturated carbocycles. The van der Waals surface area contributed by atoms with Crippen molar-refractivity contribution in [3.05, 3.63) is 29.3 Å². The number of aliphatic carboxylic acids is 1. The molecule has 1 aromatic rings. The lowest BCUT2D eigenvalue weighted by atomic mass is 10.1. The quantitative estimate of drug-likeness (QED) is 0.786. The van der Waals surface area contributed by atoms with E-state index in [0.29, 0.717) is 19.6 Å². The van der Waals surface area contributed by atoms with Crippen molar-refractivity contribution in [2.45, 2.75) is 20.3 Å². The third-order valence-electron chi connectivity index (χ3n) is 2.91. The second-order valence-electron chi connectivity index (χ2n) is 4.14. The van der Waals surface area contributed by atoms with Crippen LogP contribution in [-0.2, 0) is 4.79 Å². The van der Waals surface area contributed by atoms with Crippen LogP contribution >= 0.6 is 0 Å². The molecule has 0 bridgehead atoms. The van der Waals surface area contributed by atoms with E-state index >= 15 is 0 Å². The summed E-state index contributed by atoms with van der Waals surface area (Å²) in [5.74, 6) is -0.780. The van der Waals surface area contributed by atoms with Crippen molar-refractivity contribution in [2.75, 3.05) is 24.5 Å². The first-order chi connectivity index (χ1) is 8.06. The standard InChI is InChI=1S/C13H20N2O2/c1-10-4-3-5-12(11(10)2)15(9-7-14)8-6-13(16)17/h3-5H,6-9,14H2,1-2H3,(H,16,17). The summed E-state index contributed by atoms with van der Waals surface area (Å²) in [7, 11) is 0. The molecule has 94 valence electrons. The number of nitrogens with zero attached hydrogens (tertiary/aromatic N) is 1. The molecule has 0 heterocycles. The molecule has 0 radical (unpaired) electrons. The number of hydrogen-bond acceptors (Lipinski definition) is 3. The lowest BCUT2D eigenvalue weighted by Crippen LogP contribution is -2.32. The molecule has 0 aliphatic heterocycles. The van der Waals surface area contributed by atoms with Crippen molar-refractivity contribution in [3.8, 4) is 0 Å². The van der Waals surface area contributed by atoms with Crippen LogP contribution in [0.5, 0.6) is 0 Å². The fourth-order valence-electron chi connectivity index (χ4n) is 1.82. The molecule has 0 aromatic heterocycles. The maximum Gasteiger partial charge on any atom is 0.305 e. The zero-order valence-electron chi connectivity index (χ0n) is 10.4. The number of aryl methyl sites for hydroxylation is 1. The van der Waals surface area contributed by atoms with Gasteiger partial charge in [-0.05, 0) is 31.0 Å². The molecule has 0 atom stereocenters. The van der Waals surface area contributed by atoms with Crippen LogP contribution in [0.25, 0.3) is 0 Å². The van der Waals surface area contributed by atoms with Crippen LogP contribution in [0.4, 0.5) is 5.69 Å². The van der Waals surface area contributed by atoms with E-state index in [-0.39, 0.29) is 6.42 Å². The van der Waals surface area contributed by atoms with Crippen LogP contribution < -0.4 is 10.6 Å². The Labute approximate surface area is 102 Å². The van der Waals surface area contributed by atoms with Crippen LogP contribution in [0.1, 0.15) is 17.5 Å². The van der Waals surface area contributed by atoms with Crippen molar-refractivity contribution >= 4 is 11.7 Å². The van der Waals surface area contributed by atoms with Crippen molar-refractivity contribution < 1.29 is 9.90 Å². The van der Waals surface area contributed by atoms with Crippen molar-refractivity contribution in [1.82, 2.24) is 0 Å². The largest absolute Gasteiger partial charge is 0.481 e. The molecular weight excluding hydrogens is 216 g/mol. The van der Waals surface area contributed by atoms with Gasteiger partial charge in [0.2, 0.25) is 0 Å². The predicted octanol–water partition coefficient (Wildman–Crippen LogP) is 1.54. The Morgan fingerprint density at radius 2 is 2.06 bits per heavy atom. The highest BCUT2D eigenvalue weighted by atomic mass is 16.4. The minimum Gasteiger partial charge on any atom is -0.481 e. The van der Waals surface area contributed by atoms with Crippen molar-refractivity contribution in [3.63, 3.8) is 0 Å². The lowest BCUT2D eigenvalue weighted by Gasteiger charge is -2.26. The zero-order chi connectivity index (χ0) is 12.8. The number of anilines is 1. The normalized spacial score (nSPS) is 10.3.